The number of hydrogen-bond acceptors (Lipinski definition) is 6. The van der Waals surface area contributed by atoms with E-state index in [1.165, 1.54) is 28.0 Å². The van der Waals surface area contributed by atoms with Gasteiger partial charge in [-0.1, -0.05) is 55.5 Å². The van der Waals surface area contributed by atoms with Crippen molar-refractivity contribution in [3.8, 4) is 0 Å². The number of nitrogens with one attached hydrogen (secondary N) is 1. The van der Waals surface area contributed by atoms with Crippen LogP contribution in [0.25, 0.3) is 5.70 Å². The summed E-state index contributed by atoms with van der Waals surface area (Å²) in [5, 5.41) is 14.0. The van der Waals surface area contributed by atoms with Gasteiger partial charge in [0.05, 0.1) is 11.4 Å². The van der Waals surface area contributed by atoms with E-state index in [2.05, 4.69) is 15.5 Å². The average Bonchev–Trinajstić information content (AvgIpc) is 3.06. The predicted molar refractivity (Wildman–Crippen MR) is 101 cm³/mol. The standard InChI is InChI=1S/C17H18N4O2S2/c1-11(2)16-19-20-17(25-16)18-14(22)8-21-13(9-24-10-15(21)23)12-6-4-3-5-7-12/h3-7,9,11H,8,10H2,1-2H3,(H,18,20,22). The van der Waals surface area contributed by atoms with Crippen molar-refractivity contribution in [3.63, 3.8) is 0 Å². The van der Waals surface area contributed by atoms with Crippen LogP contribution in [0.4, 0.5) is 5.13 Å². The van der Waals surface area contributed by atoms with Gasteiger partial charge in [0.2, 0.25) is 16.9 Å². The van der Waals surface area contributed by atoms with Gasteiger partial charge in [-0.2, -0.15) is 0 Å². The van der Waals surface area contributed by atoms with Crippen LogP contribution in [0.1, 0.15) is 30.3 Å². The Hall–Kier alpha value is -2.19. The van der Waals surface area contributed by atoms with E-state index >= 15 is 0 Å². The first kappa shape index (κ1) is 17.6. The van der Waals surface area contributed by atoms with Gasteiger partial charge < -0.3 is 4.90 Å². The van der Waals surface area contributed by atoms with Crippen LogP contribution >= 0.6 is 23.1 Å². The van der Waals surface area contributed by atoms with Crippen LogP contribution in [-0.2, 0) is 9.59 Å². The number of carbonyl (C=O) groups is 2. The van der Waals surface area contributed by atoms with Crippen LogP contribution in [0, 0.1) is 0 Å². The van der Waals surface area contributed by atoms with Gasteiger partial charge in [-0.25, -0.2) is 0 Å². The van der Waals surface area contributed by atoms with Gasteiger partial charge in [-0.15, -0.1) is 22.0 Å². The summed E-state index contributed by atoms with van der Waals surface area (Å²) in [6.07, 6.45) is 0. The average molecular weight is 374 g/mol. The van der Waals surface area contributed by atoms with Crippen molar-refractivity contribution < 1.29 is 9.59 Å². The largest absolute Gasteiger partial charge is 0.301 e. The molecule has 130 valence electrons. The van der Waals surface area contributed by atoms with Crippen LogP contribution < -0.4 is 5.32 Å². The zero-order valence-corrected chi connectivity index (χ0v) is 15.6. The number of aromatic nitrogens is 2. The summed E-state index contributed by atoms with van der Waals surface area (Å²) in [5.41, 5.74) is 1.66. The van der Waals surface area contributed by atoms with Gasteiger partial charge in [-0.05, 0) is 11.0 Å². The number of anilines is 1. The van der Waals surface area contributed by atoms with Crippen LogP contribution in [0.2, 0.25) is 0 Å². The molecule has 3 rings (SSSR count). The van der Waals surface area contributed by atoms with Crippen molar-refractivity contribution in [2.24, 2.45) is 0 Å². The first-order valence-corrected chi connectivity index (χ1v) is 9.72. The van der Waals surface area contributed by atoms with Crippen molar-refractivity contribution >= 4 is 45.7 Å². The number of hydrogen-bond donors (Lipinski definition) is 1. The van der Waals surface area contributed by atoms with E-state index in [-0.39, 0.29) is 24.3 Å². The highest BCUT2D eigenvalue weighted by molar-refractivity contribution is 8.03. The molecule has 1 aromatic carbocycles. The molecule has 25 heavy (non-hydrogen) atoms. The molecule has 0 radical (unpaired) electrons. The van der Waals surface area contributed by atoms with Crippen molar-refractivity contribution in [3.05, 3.63) is 46.3 Å². The Kier molecular flexibility index (Phi) is 5.50. The second kappa shape index (κ2) is 7.79. The molecule has 0 fully saturated rings. The molecule has 2 amide bonds. The Morgan fingerprint density at radius 1 is 1.28 bits per heavy atom. The van der Waals surface area contributed by atoms with Crippen LogP contribution in [-0.4, -0.2) is 39.2 Å². The number of nitrogens with zero attached hydrogens (tertiary/aromatic N) is 3. The maximum absolute atomic E-state index is 12.4. The van der Waals surface area contributed by atoms with Gasteiger partial charge in [0.15, 0.2) is 0 Å². The highest BCUT2D eigenvalue weighted by atomic mass is 32.2. The number of thioether (sulfide) groups is 1. The molecule has 8 heteroatoms. The molecule has 0 unspecified atom stereocenters. The monoisotopic (exact) mass is 374 g/mol. The van der Waals surface area contributed by atoms with E-state index in [0.29, 0.717) is 10.9 Å². The van der Waals surface area contributed by atoms with E-state index in [1.807, 2.05) is 49.6 Å². The summed E-state index contributed by atoms with van der Waals surface area (Å²) in [7, 11) is 0. The summed E-state index contributed by atoms with van der Waals surface area (Å²) < 4.78 is 0. The van der Waals surface area contributed by atoms with Crippen molar-refractivity contribution in [1.29, 1.82) is 0 Å². The summed E-state index contributed by atoms with van der Waals surface area (Å²) in [5.74, 6) is 0.228. The summed E-state index contributed by atoms with van der Waals surface area (Å²) >= 11 is 2.80. The minimum absolute atomic E-state index is 0.0449. The molecular formula is C17H18N4O2S2. The SMILES string of the molecule is CC(C)c1nnc(NC(=O)CN2C(=O)CSC=C2c2ccccc2)s1. The summed E-state index contributed by atoms with van der Waals surface area (Å²) in [6.45, 7) is 4.00. The highest BCUT2D eigenvalue weighted by Crippen LogP contribution is 2.28. The minimum Gasteiger partial charge on any atom is -0.301 e. The number of amides is 2. The second-order valence-corrected chi connectivity index (χ2v) is 7.68. The first-order chi connectivity index (χ1) is 12.0. The normalized spacial score (nSPS) is 14.6. The van der Waals surface area contributed by atoms with Crippen LogP contribution in [0.15, 0.2) is 35.7 Å². The maximum atomic E-state index is 12.4. The lowest BCUT2D eigenvalue weighted by Crippen LogP contribution is -2.39. The third kappa shape index (κ3) is 4.26. The fraction of sp³-hybridized carbons (Fsp3) is 0.294. The molecular weight excluding hydrogens is 356 g/mol. The second-order valence-electron chi connectivity index (χ2n) is 5.81. The summed E-state index contributed by atoms with van der Waals surface area (Å²) in [6, 6.07) is 9.59. The van der Waals surface area contributed by atoms with E-state index < -0.39 is 0 Å². The first-order valence-electron chi connectivity index (χ1n) is 7.85. The zero-order chi connectivity index (χ0) is 17.8. The molecule has 0 saturated heterocycles. The van der Waals surface area contributed by atoms with E-state index in [4.69, 9.17) is 0 Å². The Morgan fingerprint density at radius 3 is 2.72 bits per heavy atom. The molecule has 0 aliphatic carbocycles. The third-order valence-electron chi connectivity index (χ3n) is 3.55. The lowest BCUT2D eigenvalue weighted by molar-refractivity contribution is -0.129. The fourth-order valence-corrected chi connectivity index (χ4v) is 3.86. The van der Waals surface area contributed by atoms with E-state index in [1.54, 1.807) is 0 Å². The van der Waals surface area contributed by atoms with E-state index in [9.17, 15) is 9.59 Å². The molecule has 1 aromatic heterocycles. The van der Waals surface area contributed by atoms with Crippen LogP contribution in [0.3, 0.4) is 0 Å². The number of benzene rings is 1. The molecule has 0 spiro atoms. The Morgan fingerprint density at radius 2 is 2.04 bits per heavy atom. The molecule has 2 aromatic rings. The van der Waals surface area contributed by atoms with Crippen molar-refractivity contribution in [2.45, 2.75) is 19.8 Å². The lowest BCUT2D eigenvalue weighted by atomic mass is 10.1. The fourth-order valence-electron chi connectivity index (χ4n) is 2.29. The molecule has 1 aliphatic rings. The predicted octanol–water partition coefficient (Wildman–Crippen LogP) is 3.17. The Balaban J connectivity index is 1.72. The molecule has 0 saturated carbocycles. The molecule has 2 heterocycles. The Bertz CT molecular complexity index is 802. The smallest absolute Gasteiger partial charge is 0.246 e. The Labute approximate surface area is 154 Å². The molecule has 1 aliphatic heterocycles. The molecule has 0 bridgehead atoms. The lowest BCUT2D eigenvalue weighted by Gasteiger charge is -2.27. The number of carbonyl (C=O) groups excluding carboxylic acids is 2. The van der Waals surface area contributed by atoms with Gasteiger partial charge >= 0.3 is 0 Å². The van der Waals surface area contributed by atoms with Gasteiger partial charge in [0, 0.05) is 5.92 Å². The summed E-state index contributed by atoms with van der Waals surface area (Å²) in [4.78, 5) is 26.2. The van der Waals surface area contributed by atoms with Gasteiger partial charge in [-0.3, -0.25) is 14.9 Å². The van der Waals surface area contributed by atoms with Crippen molar-refractivity contribution in [2.75, 3.05) is 17.6 Å². The van der Waals surface area contributed by atoms with Crippen molar-refractivity contribution in [1.82, 2.24) is 15.1 Å². The highest BCUT2D eigenvalue weighted by Gasteiger charge is 2.25. The van der Waals surface area contributed by atoms with Crippen LogP contribution in [0.5, 0.6) is 0 Å². The topological polar surface area (TPSA) is 75.2 Å². The van der Waals surface area contributed by atoms with Gasteiger partial charge in [0.1, 0.15) is 11.6 Å². The molecule has 0 atom stereocenters. The maximum Gasteiger partial charge on any atom is 0.246 e. The van der Waals surface area contributed by atoms with E-state index in [0.717, 1.165) is 16.3 Å². The molecule has 1 N–H and O–H groups in total. The molecule has 6 nitrogen and oxygen atoms in total. The zero-order valence-electron chi connectivity index (χ0n) is 13.9. The minimum atomic E-state index is -0.284. The third-order valence-corrected chi connectivity index (χ3v) is 5.49. The number of rotatable bonds is 5. The van der Waals surface area contributed by atoms with Gasteiger partial charge in [0.25, 0.3) is 0 Å². The quantitative estimate of drug-likeness (QED) is 0.870.